The first kappa shape index (κ1) is 20.8. The van der Waals surface area contributed by atoms with Crippen LogP contribution < -0.4 is 15.4 Å². The molecule has 28 heavy (non-hydrogen) atoms. The Labute approximate surface area is 163 Å². The van der Waals surface area contributed by atoms with Crippen LogP contribution in [0.15, 0.2) is 24.3 Å². The van der Waals surface area contributed by atoms with Crippen LogP contribution in [0.4, 0.5) is 18.0 Å². The Morgan fingerprint density at radius 3 is 2.54 bits per heavy atom. The molecule has 1 aliphatic heterocycles. The maximum atomic E-state index is 12.3. The molecule has 0 spiro atoms. The molecule has 2 N–H and O–H groups in total. The number of ether oxygens (including phenoxy) is 1. The van der Waals surface area contributed by atoms with E-state index in [0.717, 1.165) is 25.1 Å². The van der Waals surface area contributed by atoms with Gasteiger partial charge in [-0.3, -0.25) is 4.90 Å². The molecule has 1 aromatic rings. The van der Waals surface area contributed by atoms with Crippen LogP contribution in [0.2, 0.25) is 0 Å². The Kier molecular flexibility index (Phi) is 6.69. The van der Waals surface area contributed by atoms with Gasteiger partial charge in [0.2, 0.25) is 0 Å². The molecule has 0 radical (unpaired) electrons. The van der Waals surface area contributed by atoms with Crippen LogP contribution in [0.5, 0.6) is 5.75 Å². The molecule has 3 rings (SSSR count). The molecule has 2 unspecified atom stereocenters. The topological polar surface area (TPSA) is 53.6 Å². The van der Waals surface area contributed by atoms with E-state index in [2.05, 4.69) is 15.5 Å². The molecule has 1 saturated carbocycles. The standard InChI is InChI=1S/C20H28F3N3O2/c1-14(15-6-8-18(9-7-15)28-13-20(21,22)23)24-19(27)25-16-10-11-26(12-16)17-4-2-3-5-17/h6-9,14,16-17H,2-5,10-13H2,1H3,(H2,24,25,27). The van der Waals surface area contributed by atoms with Gasteiger partial charge in [-0.1, -0.05) is 25.0 Å². The van der Waals surface area contributed by atoms with Gasteiger partial charge in [0.05, 0.1) is 6.04 Å². The summed E-state index contributed by atoms with van der Waals surface area (Å²) in [6.07, 6.45) is 1.73. The van der Waals surface area contributed by atoms with Crippen LogP contribution in [0.1, 0.15) is 50.6 Å². The van der Waals surface area contributed by atoms with Crippen molar-refractivity contribution < 1.29 is 22.7 Å². The number of hydrogen-bond acceptors (Lipinski definition) is 3. The van der Waals surface area contributed by atoms with Crippen molar-refractivity contribution in [1.29, 1.82) is 0 Å². The van der Waals surface area contributed by atoms with Crippen LogP contribution in [0, 0.1) is 0 Å². The van der Waals surface area contributed by atoms with Gasteiger partial charge in [-0.2, -0.15) is 13.2 Å². The van der Waals surface area contributed by atoms with Gasteiger partial charge in [-0.15, -0.1) is 0 Å². The number of rotatable bonds is 6. The van der Waals surface area contributed by atoms with E-state index >= 15 is 0 Å². The van der Waals surface area contributed by atoms with E-state index in [1.165, 1.54) is 37.8 Å². The van der Waals surface area contributed by atoms with E-state index in [-0.39, 0.29) is 23.9 Å². The van der Waals surface area contributed by atoms with E-state index in [1.807, 2.05) is 6.92 Å². The number of nitrogens with one attached hydrogen (secondary N) is 2. The Balaban J connectivity index is 1.42. The van der Waals surface area contributed by atoms with E-state index in [4.69, 9.17) is 4.74 Å². The first-order valence-electron chi connectivity index (χ1n) is 9.91. The minimum atomic E-state index is -4.36. The second-order valence-corrected chi connectivity index (χ2v) is 7.73. The lowest BCUT2D eigenvalue weighted by Crippen LogP contribution is -2.44. The summed E-state index contributed by atoms with van der Waals surface area (Å²) in [7, 11) is 0. The van der Waals surface area contributed by atoms with Gasteiger partial charge in [0.25, 0.3) is 0 Å². The van der Waals surface area contributed by atoms with Gasteiger partial charge in [-0.05, 0) is 43.9 Å². The fourth-order valence-electron chi connectivity index (χ4n) is 4.03. The van der Waals surface area contributed by atoms with Crippen molar-refractivity contribution in [3.8, 4) is 5.75 Å². The summed E-state index contributed by atoms with van der Waals surface area (Å²) in [5.41, 5.74) is 0.800. The second-order valence-electron chi connectivity index (χ2n) is 7.73. The number of amides is 2. The third-order valence-corrected chi connectivity index (χ3v) is 5.53. The Morgan fingerprint density at radius 2 is 1.89 bits per heavy atom. The molecule has 1 heterocycles. The summed E-state index contributed by atoms with van der Waals surface area (Å²) in [6, 6.07) is 6.63. The summed E-state index contributed by atoms with van der Waals surface area (Å²) in [5.74, 6) is 0.149. The van der Waals surface area contributed by atoms with Crippen LogP contribution in [0.25, 0.3) is 0 Å². The summed E-state index contributed by atoms with van der Waals surface area (Å²) in [5, 5.41) is 5.93. The fraction of sp³-hybridized carbons (Fsp3) is 0.650. The second kappa shape index (κ2) is 9.03. The highest BCUT2D eigenvalue weighted by molar-refractivity contribution is 5.74. The number of urea groups is 1. The number of nitrogens with zero attached hydrogens (tertiary/aromatic N) is 1. The minimum absolute atomic E-state index is 0.149. The van der Waals surface area contributed by atoms with Crippen molar-refractivity contribution in [2.45, 2.75) is 63.3 Å². The fourth-order valence-corrected chi connectivity index (χ4v) is 4.03. The Hall–Kier alpha value is -1.96. The van der Waals surface area contributed by atoms with Gasteiger partial charge in [-0.25, -0.2) is 4.79 Å². The predicted molar refractivity (Wildman–Crippen MR) is 100 cm³/mol. The molecule has 2 aliphatic rings. The lowest BCUT2D eigenvalue weighted by atomic mass is 10.1. The zero-order chi connectivity index (χ0) is 20.1. The summed E-state index contributed by atoms with van der Waals surface area (Å²) in [6.45, 7) is 2.45. The van der Waals surface area contributed by atoms with E-state index in [9.17, 15) is 18.0 Å². The Bertz CT molecular complexity index is 645. The maximum Gasteiger partial charge on any atom is 0.422 e. The molecule has 0 aromatic heterocycles. The molecular weight excluding hydrogens is 371 g/mol. The van der Waals surface area contributed by atoms with Crippen molar-refractivity contribution in [2.24, 2.45) is 0 Å². The zero-order valence-corrected chi connectivity index (χ0v) is 16.1. The zero-order valence-electron chi connectivity index (χ0n) is 16.1. The van der Waals surface area contributed by atoms with Crippen molar-refractivity contribution in [3.63, 3.8) is 0 Å². The Morgan fingerprint density at radius 1 is 1.21 bits per heavy atom. The SMILES string of the molecule is CC(NC(=O)NC1CCN(C2CCCC2)C1)c1ccc(OCC(F)(F)F)cc1. The molecule has 1 saturated heterocycles. The average Bonchev–Trinajstić information content (AvgIpc) is 3.31. The van der Waals surface area contributed by atoms with Gasteiger partial charge in [0, 0.05) is 25.2 Å². The minimum Gasteiger partial charge on any atom is -0.484 e. The highest BCUT2D eigenvalue weighted by Crippen LogP contribution is 2.26. The first-order valence-corrected chi connectivity index (χ1v) is 9.91. The lowest BCUT2D eigenvalue weighted by molar-refractivity contribution is -0.153. The maximum absolute atomic E-state index is 12.3. The van der Waals surface area contributed by atoms with Gasteiger partial charge < -0.3 is 15.4 Å². The molecule has 156 valence electrons. The first-order chi connectivity index (χ1) is 13.3. The summed E-state index contributed by atoms with van der Waals surface area (Å²) < 4.78 is 41.3. The number of likely N-dealkylation sites (tertiary alicyclic amines) is 1. The number of halogens is 3. The molecule has 2 fully saturated rings. The molecule has 1 aromatic carbocycles. The number of carbonyl (C=O) groups excluding carboxylic acids is 1. The lowest BCUT2D eigenvalue weighted by Gasteiger charge is -2.24. The normalized spacial score (nSPS) is 22.2. The molecule has 5 nitrogen and oxygen atoms in total. The van der Waals surface area contributed by atoms with Crippen molar-refractivity contribution in [1.82, 2.24) is 15.5 Å². The van der Waals surface area contributed by atoms with Crippen molar-refractivity contribution in [3.05, 3.63) is 29.8 Å². The van der Waals surface area contributed by atoms with Crippen LogP contribution in [0.3, 0.4) is 0 Å². The van der Waals surface area contributed by atoms with E-state index in [1.54, 1.807) is 12.1 Å². The molecule has 2 atom stereocenters. The smallest absolute Gasteiger partial charge is 0.422 e. The third kappa shape index (κ3) is 6.02. The number of alkyl halides is 3. The quantitative estimate of drug-likeness (QED) is 0.760. The van der Waals surface area contributed by atoms with E-state index < -0.39 is 12.8 Å². The summed E-state index contributed by atoms with van der Waals surface area (Å²) in [4.78, 5) is 14.8. The van der Waals surface area contributed by atoms with E-state index in [0.29, 0.717) is 6.04 Å². The summed E-state index contributed by atoms with van der Waals surface area (Å²) >= 11 is 0. The van der Waals surface area contributed by atoms with Gasteiger partial charge in [0.15, 0.2) is 6.61 Å². The predicted octanol–water partition coefficient (Wildman–Crippen LogP) is 4.00. The molecule has 0 bridgehead atoms. The number of benzene rings is 1. The molecule has 8 heteroatoms. The van der Waals surface area contributed by atoms with Crippen LogP contribution in [-0.2, 0) is 0 Å². The molecular formula is C20H28F3N3O2. The highest BCUT2D eigenvalue weighted by Gasteiger charge is 2.31. The highest BCUT2D eigenvalue weighted by atomic mass is 19.4. The molecule has 2 amide bonds. The van der Waals surface area contributed by atoms with Crippen LogP contribution >= 0.6 is 0 Å². The number of hydrogen-bond donors (Lipinski definition) is 2. The largest absolute Gasteiger partial charge is 0.484 e. The van der Waals surface area contributed by atoms with Crippen LogP contribution in [-0.4, -0.2) is 48.9 Å². The average molecular weight is 399 g/mol. The van der Waals surface area contributed by atoms with Gasteiger partial charge in [0.1, 0.15) is 5.75 Å². The monoisotopic (exact) mass is 399 g/mol. The molecule has 1 aliphatic carbocycles. The third-order valence-electron chi connectivity index (χ3n) is 5.53. The number of carbonyl (C=O) groups is 1. The van der Waals surface area contributed by atoms with Crippen molar-refractivity contribution >= 4 is 6.03 Å². The van der Waals surface area contributed by atoms with Gasteiger partial charge >= 0.3 is 12.2 Å². The van der Waals surface area contributed by atoms with Crippen molar-refractivity contribution in [2.75, 3.05) is 19.7 Å².